The number of hydrogen-bond donors (Lipinski definition) is 0. The van der Waals surface area contributed by atoms with Crippen molar-refractivity contribution in [2.75, 3.05) is 13.1 Å². The van der Waals surface area contributed by atoms with Crippen LogP contribution in [-0.2, 0) is 9.59 Å². The van der Waals surface area contributed by atoms with E-state index < -0.39 is 0 Å². The summed E-state index contributed by atoms with van der Waals surface area (Å²) in [5.74, 6) is 0.707. The summed E-state index contributed by atoms with van der Waals surface area (Å²) in [4.78, 5) is 28.0. The first kappa shape index (κ1) is 12.4. The Kier molecular flexibility index (Phi) is 3.40. The summed E-state index contributed by atoms with van der Waals surface area (Å²) >= 11 is 0. The van der Waals surface area contributed by atoms with Gasteiger partial charge in [0.15, 0.2) is 0 Å². The second-order valence-corrected chi connectivity index (χ2v) is 5.43. The molecule has 0 saturated carbocycles. The largest absolute Gasteiger partial charge is 0.329 e. The van der Waals surface area contributed by atoms with Crippen LogP contribution in [-0.4, -0.2) is 46.8 Å². The Morgan fingerprint density at radius 2 is 2.06 bits per heavy atom. The molecule has 2 aliphatic rings. The van der Waals surface area contributed by atoms with Gasteiger partial charge in [0.25, 0.3) is 0 Å². The van der Waals surface area contributed by atoms with E-state index in [-0.39, 0.29) is 30.4 Å². The minimum Gasteiger partial charge on any atom is -0.329 e. The number of fused-ring (bicyclic) bond motifs is 1. The molecule has 2 fully saturated rings. The van der Waals surface area contributed by atoms with Crippen molar-refractivity contribution in [3.63, 3.8) is 0 Å². The van der Waals surface area contributed by atoms with E-state index in [0.29, 0.717) is 5.92 Å². The van der Waals surface area contributed by atoms with Crippen molar-refractivity contribution < 1.29 is 9.59 Å². The molecule has 0 aromatic carbocycles. The van der Waals surface area contributed by atoms with Gasteiger partial charge >= 0.3 is 0 Å². The molecule has 2 aliphatic heterocycles. The van der Waals surface area contributed by atoms with Crippen LogP contribution in [0.5, 0.6) is 0 Å². The minimum absolute atomic E-state index is 0.131. The molecule has 0 aliphatic carbocycles. The molecule has 4 heteroatoms. The molecule has 2 rings (SSSR count). The molecule has 4 nitrogen and oxygen atoms in total. The van der Waals surface area contributed by atoms with E-state index in [1.165, 1.54) is 0 Å². The Balaban J connectivity index is 2.19. The molecule has 0 bridgehead atoms. The molecule has 2 atom stereocenters. The van der Waals surface area contributed by atoms with Crippen LogP contribution >= 0.6 is 0 Å². The van der Waals surface area contributed by atoms with Crippen molar-refractivity contribution in [1.82, 2.24) is 9.80 Å². The number of carbonyl (C=O) groups excluding carboxylic acids is 2. The third-order valence-corrected chi connectivity index (χ3v) is 4.04. The molecule has 2 saturated heterocycles. The number of rotatable bonds is 3. The second kappa shape index (κ2) is 4.67. The van der Waals surface area contributed by atoms with Gasteiger partial charge in [-0.2, -0.15) is 0 Å². The zero-order valence-electron chi connectivity index (χ0n) is 11.0. The summed E-state index contributed by atoms with van der Waals surface area (Å²) in [6.45, 7) is 7.37. The number of hydrogen-bond acceptors (Lipinski definition) is 2. The molecule has 96 valence electrons. The molecule has 2 amide bonds. The van der Waals surface area contributed by atoms with Crippen LogP contribution in [0.3, 0.4) is 0 Å². The Hall–Kier alpha value is -1.06. The Morgan fingerprint density at radius 3 is 2.65 bits per heavy atom. The maximum Gasteiger partial charge on any atom is 0.246 e. The van der Waals surface area contributed by atoms with Crippen molar-refractivity contribution in [2.24, 2.45) is 5.92 Å². The van der Waals surface area contributed by atoms with Crippen molar-refractivity contribution in [3.8, 4) is 0 Å². The van der Waals surface area contributed by atoms with Crippen molar-refractivity contribution in [1.29, 1.82) is 0 Å². The number of nitrogens with zero attached hydrogens (tertiary/aromatic N) is 2. The molecule has 2 heterocycles. The highest BCUT2D eigenvalue weighted by molar-refractivity contribution is 5.95. The minimum atomic E-state index is -0.163. The lowest BCUT2D eigenvalue weighted by molar-refractivity contribution is -0.156. The Morgan fingerprint density at radius 1 is 1.35 bits per heavy atom. The zero-order chi connectivity index (χ0) is 12.6. The molecule has 17 heavy (non-hydrogen) atoms. The predicted molar refractivity (Wildman–Crippen MR) is 65.4 cm³/mol. The fraction of sp³-hybridized carbons (Fsp3) is 0.846. The van der Waals surface area contributed by atoms with Gasteiger partial charge in [0.05, 0.1) is 0 Å². The molecule has 0 N–H and O–H groups in total. The normalized spacial score (nSPS) is 26.7. The average molecular weight is 238 g/mol. The van der Waals surface area contributed by atoms with Gasteiger partial charge in [-0.05, 0) is 25.2 Å². The summed E-state index contributed by atoms with van der Waals surface area (Å²) in [6, 6.07) is 0.0400. The zero-order valence-corrected chi connectivity index (χ0v) is 11.0. The second-order valence-electron chi connectivity index (χ2n) is 5.43. The van der Waals surface area contributed by atoms with E-state index in [2.05, 4.69) is 20.8 Å². The Labute approximate surface area is 103 Å². The SMILES string of the molecule is CCC(C(C)C)N1CC(=O)N2CCCC2C1=O. The van der Waals surface area contributed by atoms with Gasteiger partial charge in [0.1, 0.15) is 12.6 Å². The highest BCUT2D eigenvalue weighted by atomic mass is 16.2. The van der Waals surface area contributed by atoms with Crippen molar-refractivity contribution in [2.45, 2.75) is 52.1 Å². The fourth-order valence-corrected chi connectivity index (χ4v) is 3.16. The standard InChI is InChI=1S/C13H22N2O2/c1-4-10(9(2)3)15-8-12(16)14-7-5-6-11(14)13(15)17/h9-11H,4-8H2,1-3H3. The van der Waals surface area contributed by atoms with Crippen LogP contribution in [0.4, 0.5) is 0 Å². The van der Waals surface area contributed by atoms with Crippen LogP contribution in [0, 0.1) is 5.92 Å². The van der Waals surface area contributed by atoms with E-state index in [9.17, 15) is 9.59 Å². The summed E-state index contributed by atoms with van der Waals surface area (Å²) in [6.07, 6.45) is 2.73. The Bertz CT molecular complexity index is 327. The number of piperazine rings is 1. The fourth-order valence-electron chi connectivity index (χ4n) is 3.16. The third kappa shape index (κ3) is 2.05. The van der Waals surface area contributed by atoms with Gasteiger partial charge in [0, 0.05) is 12.6 Å². The maximum atomic E-state index is 12.4. The van der Waals surface area contributed by atoms with E-state index in [1.54, 1.807) is 4.90 Å². The van der Waals surface area contributed by atoms with Crippen LogP contribution < -0.4 is 0 Å². The van der Waals surface area contributed by atoms with Crippen LogP contribution in [0.1, 0.15) is 40.0 Å². The third-order valence-electron chi connectivity index (χ3n) is 4.04. The molecule has 0 aromatic heterocycles. The quantitative estimate of drug-likeness (QED) is 0.742. The van der Waals surface area contributed by atoms with Crippen LogP contribution in [0.2, 0.25) is 0 Å². The van der Waals surface area contributed by atoms with Crippen LogP contribution in [0.25, 0.3) is 0 Å². The summed E-state index contributed by atoms with van der Waals surface area (Å²) in [7, 11) is 0. The predicted octanol–water partition coefficient (Wildman–Crippen LogP) is 1.25. The topological polar surface area (TPSA) is 40.6 Å². The first-order valence-electron chi connectivity index (χ1n) is 6.66. The highest BCUT2D eigenvalue weighted by Gasteiger charge is 2.44. The van der Waals surface area contributed by atoms with Crippen LogP contribution in [0.15, 0.2) is 0 Å². The summed E-state index contributed by atoms with van der Waals surface area (Å²) in [5.41, 5.74) is 0. The van der Waals surface area contributed by atoms with E-state index >= 15 is 0 Å². The maximum absolute atomic E-state index is 12.4. The van der Waals surface area contributed by atoms with Crippen molar-refractivity contribution >= 4 is 11.8 Å². The van der Waals surface area contributed by atoms with Gasteiger partial charge in [0.2, 0.25) is 11.8 Å². The monoisotopic (exact) mass is 238 g/mol. The van der Waals surface area contributed by atoms with Gasteiger partial charge in [-0.1, -0.05) is 20.8 Å². The van der Waals surface area contributed by atoms with Gasteiger partial charge in [-0.15, -0.1) is 0 Å². The van der Waals surface area contributed by atoms with Gasteiger partial charge < -0.3 is 9.80 Å². The highest BCUT2D eigenvalue weighted by Crippen LogP contribution is 2.27. The van der Waals surface area contributed by atoms with Gasteiger partial charge in [-0.25, -0.2) is 0 Å². The first-order chi connectivity index (χ1) is 8.06. The lowest BCUT2D eigenvalue weighted by Gasteiger charge is -2.41. The average Bonchev–Trinajstić information content (AvgIpc) is 2.75. The lowest BCUT2D eigenvalue weighted by atomic mass is 9.97. The molecular weight excluding hydrogens is 216 g/mol. The summed E-state index contributed by atoms with van der Waals surface area (Å²) < 4.78 is 0. The smallest absolute Gasteiger partial charge is 0.246 e. The number of carbonyl (C=O) groups is 2. The summed E-state index contributed by atoms with van der Waals surface area (Å²) in [5, 5.41) is 0. The molecular formula is C13H22N2O2. The van der Waals surface area contributed by atoms with Crippen molar-refractivity contribution in [3.05, 3.63) is 0 Å². The van der Waals surface area contributed by atoms with E-state index in [4.69, 9.17) is 0 Å². The lowest BCUT2D eigenvalue weighted by Crippen LogP contribution is -2.60. The van der Waals surface area contributed by atoms with Gasteiger partial charge in [-0.3, -0.25) is 9.59 Å². The molecule has 0 radical (unpaired) electrons. The van der Waals surface area contributed by atoms with E-state index in [0.717, 1.165) is 25.8 Å². The molecule has 0 aromatic rings. The first-order valence-corrected chi connectivity index (χ1v) is 6.66. The molecule has 0 spiro atoms. The molecule has 2 unspecified atom stereocenters. The van der Waals surface area contributed by atoms with E-state index in [1.807, 2.05) is 4.90 Å². The number of amides is 2.